The lowest BCUT2D eigenvalue weighted by Gasteiger charge is -2.13. The zero-order chi connectivity index (χ0) is 20.4. The molecule has 1 N–H and O–H groups in total. The third-order valence-electron chi connectivity index (χ3n) is 4.46. The first-order valence-corrected chi connectivity index (χ1v) is 10.1. The van der Waals surface area contributed by atoms with Gasteiger partial charge >= 0.3 is 0 Å². The fourth-order valence-corrected chi connectivity index (χ4v) is 3.75. The van der Waals surface area contributed by atoms with Gasteiger partial charge in [-0.1, -0.05) is 18.2 Å². The van der Waals surface area contributed by atoms with Crippen LogP contribution in [0.3, 0.4) is 0 Å². The van der Waals surface area contributed by atoms with Crippen LogP contribution in [0.15, 0.2) is 59.0 Å². The molecule has 1 amide bonds. The molecule has 29 heavy (non-hydrogen) atoms. The molecular weight excluding hydrogens is 386 g/mol. The van der Waals surface area contributed by atoms with E-state index in [9.17, 15) is 9.59 Å². The number of thiazole rings is 1. The van der Waals surface area contributed by atoms with Crippen molar-refractivity contribution in [1.82, 2.24) is 25.1 Å². The fourth-order valence-electron chi connectivity index (χ4n) is 3.01. The maximum absolute atomic E-state index is 12.9. The molecule has 4 rings (SSSR count). The standard InChI is InChI=1S/C21H19N5O2S/c1-13(2)26-21(28)16-6-4-3-5-15(16)19(25-26)20(27)23-11-18-24-17(12-29-18)14-7-9-22-10-8-14/h3-10,12-13H,11H2,1-2H3,(H,23,27). The van der Waals surface area contributed by atoms with E-state index in [4.69, 9.17) is 0 Å². The number of nitrogens with zero attached hydrogens (tertiary/aromatic N) is 4. The molecule has 0 aliphatic rings. The van der Waals surface area contributed by atoms with Gasteiger partial charge < -0.3 is 5.32 Å². The molecule has 1 aromatic carbocycles. The highest BCUT2D eigenvalue weighted by atomic mass is 32.1. The van der Waals surface area contributed by atoms with Crippen LogP contribution in [-0.4, -0.2) is 25.7 Å². The zero-order valence-corrected chi connectivity index (χ0v) is 16.8. The molecule has 146 valence electrons. The van der Waals surface area contributed by atoms with E-state index < -0.39 is 0 Å². The minimum absolute atomic E-state index is 0.152. The molecule has 0 aliphatic carbocycles. The molecule has 0 radical (unpaired) electrons. The number of fused-ring (bicyclic) bond motifs is 1. The van der Waals surface area contributed by atoms with Gasteiger partial charge in [0.2, 0.25) is 0 Å². The Morgan fingerprint density at radius 3 is 2.59 bits per heavy atom. The zero-order valence-electron chi connectivity index (χ0n) is 16.0. The van der Waals surface area contributed by atoms with Crippen molar-refractivity contribution in [2.24, 2.45) is 0 Å². The van der Waals surface area contributed by atoms with Gasteiger partial charge in [0, 0.05) is 28.7 Å². The van der Waals surface area contributed by atoms with Gasteiger partial charge in [-0.3, -0.25) is 14.6 Å². The van der Waals surface area contributed by atoms with E-state index in [2.05, 4.69) is 20.4 Å². The molecule has 0 spiro atoms. The van der Waals surface area contributed by atoms with Gasteiger partial charge in [-0.15, -0.1) is 11.3 Å². The number of carbonyl (C=O) groups excluding carboxylic acids is 1. The smallest absolute Gasteiger partial charge is 0.274 e. The van der Waals surface area contributed by atoms with Gasteiger partial charge in [-0.25, -0.2) is 9.67 Å². The van der Waals surface area contributed by atoms with Gasteiger partial charge in [0.25, 0.3) is 11.5 Å². The Balaban J connectivity index is 1.59. The summed E-state index contributed by atoms with van der Waals surface area (Å²) in [6, 6.07) is 10.7. The Kier molecular flexibility index (Phi) is 5.18. The lowest BCUT2D eigenvalue weighted by molar-refractivity contribution is 0.0945. The Morgan fingerprint density at radius 1 is 1.14 bits per heavy atom. The maximum atomic E-state index is 12.9. The van der Waals surface area contributed by atoms with Crippen LogP contribution < -0.4 is 10.9 Å². The molecule has 0 unspecified atom stereocenters. The van der Waals surface area contributed by atoms with Crippen LogP contribution >= 0.6 is 11.3 Å². The first kappa shape index (κ1) is 18.9. The third-order valence-corrected chi connectivity index (χ3v) is 5.31. The Morgan fingerprint density at radius 2 is 1.86 bits per heavy atom. The molecule has 3 heterocycles. The summed E-state index contributed by atoms with van der Waals surface area (Å²) >= 11 is 1.47. The Bertz CT molecular complexity index is 1230. The van der Waals surface area contributed by atoms with Gasteiger partial charge in [0.1, 0.15) is 5.01 Å². The SMILES string of the molecule is CC(C)n1nc(C(=O)NCc2nc(-c3ccncc3)cs2)c2ccccc2c1=O. The average Bonchev–Trinajstić information content (AvgIpc) is 3.22. The number of benzene rings is 1. The van der Waals surface area contributed by atoms with Crippen molar-refractivity contribution in [3.05, 3.63) is 75.2 Å². The molecular formula is C21H19N5O2S. The molecule has 0 fully saturated rings. The number of hydrogen-bond donors (Lipinski definition) is 1. The van der Waals surface area contributed by atoms with Crippen LogP contribution in [0, 0.1) is 0 Å². The number of hydrogen-bond acceptors (Lipinski definition) is 6. The largest absolute Gasteiger partial charge is 0.344 e. The van der Waals surface area contributed by atoms with Crippen LogP contribution in [0.1, 0.15) is 35.4 Å². The second kappa shape index (κ2) is 7.92. The van der Waals surface area contributed by atoms with E-state index in [0.717, 1.165) is 16.3 Å². The number of amides is 1. The summed E-state index contributed by atoms with van der Waals surface area (Å²) in [5, 5.41) is 11.0. The second-order valence-electron chi connectivity index (χ2n) is 6.78. The third kappa shape index (κ3) is 3.79. The fraction of sp³-hybridized carbons (Fsp3) is 0.190. The first-order valence-electron chi connectivity index (χ1n) is 9.19. The summed E-state index contributed by atoms with van der Waals surface area (Å²) < 4.78 is 1.35. The highest BCUT2D eigenvalue weighted by Gasteiger charge is 2.18. The summed E-state index contributed by atoms with van der Waals surface area (Å²) in [6.45, 7) is 4.01. The summed E-state index contributed by atoms with van der Waals surface area (Å²) in [7, 11) is 0. The summed E-state index contributed by atoms with van der Waals surface area (Å²) in [4.78, 5) is 34.1. The Labute approximate surface area is 171 Å². The van der Waals surface area contributed by atoms with Crippen molar-refractivity contribution in [2.45, 2.75) is 26.4 Å². The van der Waals surface area contributed by atoms with Crippen LogP contribution in [-0.2, 0) is 6.54 Å². The van der Waals surface area contributed by atoms with Crippen LogP contribution in [0.25, 0.3) is 22.0 Å². The molecule has 8 heteroatoms. The number of nitrogens with one attached hydrogen (secondary N) is 1. The lowest BCUT2D eigenvalue weighted by atomic mass is 10.1. The van der Waals surface area contributed by atoms with Crippen molar-refractivity contribution in [3.63, 3.8) is 0 Å². The monoisotopic (exact) mass is 405 g/mol. The van der Waals surface area contributed by atoms with Crippen LogP contribution in [0.2, 0.25) is 0 Å². The molecule has 0 aliphatic heterocycles. The van der Waals surface area contributed by atoms with Crippen molar-refractivity contribution < 1.29 is 4.79 Å². The molecule has 0 saturated carbocycles. The molecule has 0 saturated heterocycles. The second-order valence-corrected chi connectivity index (χ2v) is 7.73. The van der Waals surface area contributed by atoms with E-state index >= 15 is 0 Å². The molecule has 7 nitrogen and oxygen atoms in total. The van der Waals surface area contributed by atoms with Crippen LogP contribution in [0.5, 0.6) is 0 Å². The number of pyridine rings is 1. The molecule has 0 bridgehead atoms. The number of carbonyl (C=O) groups is 1. The van der Waals surface area contributed by atoms with E-state index in [-0.39, 0.29) is 29.7 Å². The number of aromatic nitrogens is 4. The quantitative estimate of drug-likeness (QED) is 0.549. The van der Waals surface area contributed by atoms with E-state index in [1.54, 1.807) is 36.7 Å². The normalized spacial score (nSPS) is 11.1. The maximum Gasteiger partial charge on any atom is 0.274 e. The van der Waals surface area contributed by atoms with Crippen LogP contribution in [0.4, 0.5) is 0 Å². The molecule has 4 aromatic rings. The Hall–Kier alpha value is -3.39. The highest BCUT2D eigenvalue weighted by Crippen LogP contribution is 2.21. The summed E-state index contributed by atoms with van der Waals surface area (Å²) in [5.41, 5.74) is 1.86. The predicted molar refractivity (Wildman–Crippen MR) is 113 cm³/mol. The van der Waals surface area contributed by atoms with E-state index in [0.29, 0.717) is 10.8 Å². The number of rotatable bonds is 5. The summed E-state index contributed by atoms with van der Waals surface area (Å²) in [5.74, 6) is -0.337. The van der Waals surface area contributed by atoms with E-state index in [1.165, 1.54) is 16.0 Å². The minimum atomic E-state index is -0.337. The van der Waals surface area contributed by atoms with Gasteiger partial charge in [0.05, 0.1) is 23.7 Å². The first-order chi connectivity index (χ1) is 14.0. The summed E-state index contributed by atoms with van der Waals surface area (Å²) in [6.07, 6.45) is 3.44. The lowest BCUT2D eigenvalue weighted by Crippen LogP contribution is -2.31. The van der Waals surface area contributed by atoms with Crippen molar-refractivity contribution in [2.75, 3.05) is 0 Å². The van der Waals surface area contributed by atoms with Crippen molar-refractivity contribution >= 4 is 28.0 Å². The minimum Gasteiger partial charge on any atom is -0.344 e. The van der Waals surface area contributed by atoms with E-state index in [1.807, 2.05) is 31.4 Å². The average molecular weight is 405 g/mol. The van der Waals surface area contributed by atoms with Crippen molar-refractivity contribution in [1.29, 1.82) is 0 Å². The van der Waals surface area contributed by atoms with Crippen molar-refractivity contribution in [3.8, 4) is 11.3 Å². The molecule has 3 aromatic heterocycles. The molecule has 0 atom stereocenters. The predicted octanol–water partition coefficient (Wildman–Crippen LogP) is 3.43. The topological polar surface area (TPSA) is 89.8 Å². The highest BCUT2D eigenvalue weighted by molar-refractivity contribution is 7.09. The van der Waals surface area contributed by atoms with Gasteiger partial charge in [-0.2, -0.15) is 5.10 Å². The van der Waals surface area contributed by atoms with Gasteiger partial charge in [-0.05, 0) is 32.0 Å². The van der Waals surface area contributed by atoms with Gasteiger partial charge in [0.15, 0.2) is 5.69 Å².